The highest BCUT2D eigenvalue weighted by molar-refractivity contribution is 8.26. The van der Waals surface area contributed by atoms with Gasteiger partial charge in [0, 0.05) is 0 Å². The van der Waals surface area contributed by atoms with E-state index in [0.717, 1.165) is 11.8 Å². The Balaban J connectivity index is 2.79. The molecule has 0 amide bonds. The number of nitriles is 2. The van der Waals surface area contributed by atoms with E-state index >= 15 is 0 Å². The summed E-state index contributed by atoms with van der Waals surface area (Å²) in [5.74, 6) is -0.984. The zero-order valence-corrected chi connectivity index (χ0v) is 6.98. The quantitative estimate of drug-likeness (QED) is 0.586. The minimum atomic E-state index is -0.492. The fraction of sp³-hybridized carbons (Fsp3) is 0.429. The Bertz CT molecular complexity index is 278. The Hall–Kier alpha value is -1.33. The normalized spacial score (nSPS) is 29.2. The zero-order chi connectivity index (χ0) is 9.14. The third-order valence-corrected chi connectivity index (χ3v) is 2.64. The van der Waals surface area contributed by atoms with Crippen molar-refractivity contribution < 1.29 is 0 Å². The SMILES string of the molecule is N#CC1CC(C#N)C(=N)SC1=N. The van der Waals surface area contributed by atoms with Crippen LogP contribution in [0.15, 0.2) is 0 Å². The van der Waals surface area contributed by atoms with Gasteiger partial charge in [-0.15, -0.1) is 0 Å². The molecule has 60 valence electrons. The van der Waals surface area contributed by atoms with Crippen LogP contribution >= 0.6 is 11.8 Å². The Kier molecular flexibility index (Phi) is 2.47. The predicted octanol–water partition coefficient (Wildman–Crippen LogP) is 1.36. The smallest absolute Gasteiger partial charge is 0.0959 e. The highest BCUT2D eigenvalue weighted by Gasteiger charge is 2.30. The lowest BCUT2D eigenvalue weighted by Crippen LogP contribution is -2.25. The summed E-state index contributed by atoms with van der Waals surface area (Å²) >= 11 is 0.928. The second kappa shape index (κ2) is 3.38. The van der Waals surface area contributed by atoms with E-state index < -0.39 is 11.8 Å². The van der Waals surface area contributed by atoms with Crippen LogP contribution in [-0.2, 0) is 0 Å². The summed E-state index contributed by atoms with van der Waals surface area (Å²) in [5, 5.41) is 32.2. The maximum absolute atomic E-state index is 8.58. The van der Waals surface area contributed by atoms with Crippen LogP contribution in [-0.4, -0.2) is 10.1 Å². The van der Waals surface area contributed by atoms with Gasteiger partial charge in [0.2, 0.25) is 0 Å². The third-order valence-electron chi connectivity index (χ3n) is 1.64. The monoisotopic (exact) mass is 178 g/mol. The average molecular weight is 178 g/mol. The number of hydrogen-bond donors (Lipinski definition) is 2. The molecule has 1 fully saturated rings. The molecule has 2 atom stereocenters. The van der Waals surface area contributed by atoms with Gasteiger partial charge in [-0.3, -0.25) is 10.8 Å². The Labute approximate surface area is 74.2 Å². The lowest BCUT2D eigenvalue weighted by atomic mass is 9.97. The van der Waals surface area contributed by atoms with Gasteiger partial charge in [-0.05, 0) is 6.42 Å². The first-order chi connectivity index (χ1) is 5.69. The fourth-order valence-electron chi connectivity index (χ4n) is 0.933. The van der Waals surface area contributed by atoms with Crippen LogP contribution in [0.4, 0.5) is 0 Å². The molecule has 12 heavy (non-hydrogen) atoms. The maximum Gasteiger partial charge on any atom is 0.0959 e. The molecule has 0 aromatic carbocycles. The van der Waals surface area contributed by atoms with Crippen LogP contribution in [0, 0.1) is 45.3 Å². The number of hydrogen-bond acceptors (Lipinski definition) is 5. The van der Waals surface area contributed by atoms with E-state index in [1.54, 1.807) is 0 Å². The van der Waals surface area contributed by atoms with Gasteiger partial charge in [0.25, 0.3) is 0 Å². The van der Waals surface area contributed by atoms with Crippen LogP contribution in [0.2, 0.25) is 0 Å². The molecule has 1 heterocycles. The van der Waals surface area contributed by atoms with E-state index in [1.165, 1.54) is 0 Å². The number of nitrogens with one attached hydrogen (secondary N) is 2. The molecular weight excluding hydrogens is 172 g/mol. The molecule has 5 heteroatoms. The first-order valence-corrected chi connectivity index (χ1v) is 4.14. The Morgan fingerprint density at radius 1 is 1.17 bits per heavy atom. The zero-order valence-electron chi connectivity index (χ0n) is 6.16. The molecule has 4 nitrogen and oxygen atoms in total. The Morgan fingerprint density at radius 3 is 1.92 bits per heavy atom. The fourth-order valence-corrected chi connectivity index (χ4v) is 1.75. The molecule has 0 radical (unpaired) electrons. The van der Waals surface area contributed by atoms with Crippen molar-refractivity contribution in [1.82, 2.24) is 0 Å². The molecule has 0 aliphatic carbocycles. The summed E-state index contributed by atoms with van der Waals surface area (Å²) in [6.07, 6.45) is 0.303. The molecule has 2 N–H and O–H groups in total. The minimum Gasteiger partial charge on any atom is -0.297 e. The number of rotatable bonds is 0. The summed E-state index contributed by atoms with van der Waals surface area (Å²) in [4.78, 5) is 0. The highest BCUT2D eigenvalue weighted by atomic mass is 32.2. The first-order valence-electron chi connectivity index (χ1n) is 3.33. The topological polar surface area (TPSA) is 95.3 Å². The molecule has 0 spiro atoms. The van der Waals surface area contributed by atoms with Crippen LogP contribution in [0.1, 0.15) is 6.42 Å². The van der Waals surface area contributed by atoms with Crippen molar-refractivity contribution in [3.05, 3.63) is 0 Å². The molecule has 0 saturated carbocycles. The summed E-state index contributed by atoms with van der Waals surface area (Å²) in [5.41, 5.74) is 0. The molecule has 1 rings (SSSR count). The second-order valence-electron chi connectivity index (χ2n) is 2.43. The van der Waals surface area contributed by atoms with Crippen molar-refractivity contribution >= 4 is 21.8 Å². The van der Waals surface area contributed by atoms with E-state index in [0.29, 0.717) is 6.42 Å². The summed E-state index contributed by atoms with van der Waals surface area (Å²) < 4.78 is 0. The highest BCUT2D eigenvalue weighted by Crippen LogP contribution is 2.30. The van der Waals surface area contributed by atoms with Gasteiger partial charge in [-0.2, -0.15) is 10.5 Å². The summed E-state index contributed by atoms with van der Waals surface area (Å²) in [6.45, 7) is 0. The first kappa shape index (κ1) is 8.76. The van der Waals surface area contributed by atoms with E-state index in [-0.39, 0.29) is 10.1 Å². The van der Waals surface area contributed by atoms with Crippen molar-refractivity contribution in [1.29, 1.82) is 21.3 Å². The number of nitrogens with zero attached hydrogens (tertiary/aromatic N) is 2. The van der Waals surface area contributed by atoms with Gasteiger partial charge < -0.3 is 0 Å². The molecule has 1 aliphatic heterocycles. The lowest BCUT2D eigenvalue weighted by molar-refractivity contribution is 0.697. The van der Waals surface area contributed by atoms with Crippen LogP contribution in [0.5, 0.6) is 0 Å². The van der Waals surface area contributed by atoms with Gasteiger partial charge in [0.1, 0.15) is 0 Å². The predicted molar refractivity (Wildman–Crippen MR) is 45.9 cm³/mol. The molecule has 0 bridgehead atoms. The van der Waals surface area contributed by atoms with Crippen molar-refractivity contribution in [2.45, 2.75) is 6.42 Å². The van der Waals surface area contributed by atoms with E-state index in [1.807, 2.05) is 12.1 Å². The van der Waals surface area contributed by atoms with E-state index in [2.05, 4.69) is 0 Å². The van der Waals surface area contributed by atoms with Crippen LogP contribution in [0.3, 0.4) is 0 Å². The van der Waals surface area contributed by atoms with Crippen molar-refractivity contribution in [3.63, 3.8) is 0 Å². The molecule has 0 aromatic rings. The maximum atomic E-state index is 8.58. The summed E-state index contributed by atoms with van der Waals surface area (Å²) in [6, 6.07) is 3.89. The van der Waals surface area contributed by atoms with Crippen LogP contribution in [0.25, 0.3) is 0 Å². The standard InChI is InChI=1S/C7H6N4S/c8-2-4-1-5(3-9)7(11)12-6(4)10/h4-5,10-11H,1H2. The van der Waals surface area contributed by atoms with Crippen molar-refractivity contribution in [3.8, 4) is 12.1 Å². The molecular formula is C7H6N4S. The second-order valence-corrected chi connectivity index (χ2v) is 3.51. The lowest BCUT2D eigenvalue weighted by Gasteiger charge is -2.20. The van der Waals surface area contributed by atoms with E-state index in [9.17, 15) is 0 Å². The van der Waals surface area contributed by atoms with Crippen molar-refractivity contribution in [2.75, 3.05) is 0 Å². The van der Waals surface area contributed by atoms with Gasteiger partial charge in [-0.25, -0.2) is 0 Å². The average Bonchev–Trinajstić information content (AvgIpc) is 2.05. The largest absolute Gasteiger partial charge is 0.297 e. The summed E-state index contributed by atoms with van der Waals surface area (Å²) in [7, 11) is 0. The van der Waals surface area contributed by atoms with Gasteiger partial charge in [0.05, 0.1) is 34.1 Å². The molecule has 0 aromatic heterocycles. The van der Waals surface area contributed by atoms with Gasteiger partial charge in [0.15, 0.2) is 0 Å². The third kappa shape index (κ3) is 1.46. The molecule has 2 unspecified atom stereocenters. The molecule has 1 aliphatic rings. The Morgan fingerprint density at radius 2 is 1.58 bits per heavy atom. The number of thioether (sulfide) groups is 1. The van der Waals surface area contributed by atoms with E-state index in [4.69, 9.17) is 21.3 Å². The van der Waals surface area contributed by atoms with Crippen molar-refractivity contribution in [2.24, 2.45) is 11.8 Å². The van der Waals surface area contributed by atoms with Gasteiger partial charge in [-0.1, -0.05) is 11.8 Å². The molecule has 1 saturated heterocycles. The minimum absolute atomic E-state index is 0.189. The van der Waals surface area contributed by atoms with Crippen LogP contribution < -0.4 is 0 Å². The van der Waals surface area contributed by atoms with Gasteiger partial charge >= 0.3 is 0 Å².